The van der Waals surface area contributed by atoms with Crippen molar-refractivity contribution < 1.29 is 5.11 Å². The zero-order valence-electron chi connectivity index (χ0n) is 8.33. The summed E-state index contributed by atoms with van der Waals surface area (Å²) in [6.07, 6.45) is 9.34. The molecule has 68 valence electrons. The molecule has 0 spiro atoms. The fraction of sp³-hybridized carbons (Fsp3) is 0.455. The summed E-state index contributed by atoms with van der Waals surface area (Å²) in [5, 5.41) is 9.16. The number of aliphatic hydroxyl groups is 1. The Morgan fingerprint density at radius 1 is 1.17 bits per heavy atom. The van der Waals surface area contributed by atoms with Gasteiger partial charge in [-0.05, 0) is 12.2 Å². The van der Waals surface area contributed by atoms with E-state index < -0.39 is 0 Å². The van der Waals surface area contributed by atoms with Crippen molar-refractivity contribution in [1.29, 1.82) is 0 Å². The van der Waals surface area contributed by atoms with Crippen LogP contribution in [0.25, 0.3) is 0 Å². The first kappa shape index (κ1) is 11.0. The predicted octanol–water partition coefficient (Wildman–Crippen LogP) is 3.61. The Balaban J connectivity index is 0.000000561. The van der Waals surface area contributed by atoms with Crippen molar-refractivity contribution in [2.75, 3.05) is 0 Å². The maximum Gasteiger partial charge on any atom is 0.112 e. The van der Waals surface area contributed by atoms with Crippen LogP contribution in [0, 0.1) is 5.41 Å². The van der Waals surface area contributed by atoms with E-state index in [1.807, 2.05) is 52.0 Å². The molecule has 1 heteroatoms. The van der Waals surface area contributed by atoms with Crippen LogP contribution in [0.15, 0.2) is 36.1 Å². The molecule has 0 aromatic carbocycles. The summed E-state index contributed by atoms with van der Waals surface area (Å²) in [6, 6.07) is 0. The molecule has 0 unspecified atom stereocenters. The van der Waals surface area contributed by atoms with Gasteiger partial charge in [0.25, 0.3) is 0 Å². The lowest BCUT2D eigenvalue weighted by atomic mass is 9.93. The largest absolute Gasteiger partial charge is 0.508 e. The summed E-state index contributed by atoms with van der Waals surface area (Å²) in [5.41, 5.74) is -0.0203. The van der Waals surface area contributed by atoms with Crippen LogP contribution >= 0.6 is 0 Å². The molecule has 1 N–H and O–H groups in total. The average Bonchev–Trinajstić information content (AvgIpc) is 2.14. The zero-order valence-corrected chi connectivity index (χ0v) is 8.33. The van der Waals surface area contributed by atoms with Gasteiger partial charge in [0.05, 0.1) is 0 Å². The third-order valence-electron chi connectivity index (χ3n) is 1.42. The highest BCUT2D eigenvalue weighted by Gasteiger charge is 2.11. The molecule has 0 heterocycles. The highest BCUT2D eigenvalue weighted by molar-refractivity contribution is 5.26. The van der Waals surface area contributed by atoms with Crippen molar-refractivity contribution in [3.63, 3.8) is 0 Å². The normalized spacial score (nSPS) is 18.8. The quantitative estimate of drug-likeness (QED) is 0.583. The SMILES string of the molecule is CC.CC1(C)C=CC=CC(O)=C1. The molecule has 0 aliphatic heterocycles. The third-order valence-corrected chi connectivity index (χ3v) is 1.42. The maximum absolute atomic E-state index is 9.16. The number of aliphatic hydroxyl groups excluding tert-OH is 1. The van der Waals surface area contributed by atoms with Crippen LogP contribution in [0.2, 0.25) is 0 Å². The Bertz CT molecular complexity index is 207. The lowest BCUT2D eigenvalue weighted by Crippen LogP contribution is -2.02. The van der Waals surface area contributed by atoms with Gasteiger partial charge in [-0.25, -0.2) is 0 Å². The van der Waals surface area contributed by atoms with Gasteiger partial charge in [0.1, 0.15) is 5.76 Å². The van der Waals surface area contributed by atoms with Crippen LogP contribution in [0.1, 0.15) is 27.7 Å². The van der Waals surface area contributed by atoms with Crippen molar-refractivity contribution in [3.8, 4) is 0 Å². The lowest BCUT2D eigenvalue weighted by Gasteiger charge is -2.12. The van der Waals surface area contributed by atoms with E-state index in [2.05, 4.69) is 0 Å². The molecule has 0 aromatic heterocycles. The smallest absolute Gasteiger partial charge is 0.112 e. The summed E-state index contributed by atoms with van der Waals surface area (Å²) in [4.78, 5) is 0. The predicted molar refractivity (Wildman–Crippen MR) is 54.1 cm³/mol. The van der Waals surface area contributed by atoms with Crippen LogP contribution in [0.5, 0.6) is 0 Å². The minimum atomic E-state index is -0.0203. The molecule has 0 aromatic rings. The summed E-state index contributed by atoms with van der Waals surface area (Å²) in [7, 11) is 0. The molecule has 1 aliphatic rings. The molecule has 12 heavy (non-hydrogen) atoms. The topological polar surface area (TPSA) is 20.2 Å². The summed E-state index contributed by atoms with van der Waals surface area (Å²) in [5.74, 6) is 0.343. The van der Waals surface area contributed by atoms with Crippen LogP contribution in [0.3, 0.4) is 0 Å². The fourth-order valence-corrected chi connectivity index (χ4v) is 0.935. The van der Waals surface area contributed by atoms with Gasteiger partial charge in [0.15, 0.2) is 0 Å². The van der Waals surface area contributed by atoms with Gasteiger partial charge in [-0.2, -0.15) is 0 Å². The molecule has 0 saturated heterocycles. The van der Waals surface area contributed by atoms with E-state index in [1.54, 1.807) is 6.08 Å². The molecule has 0 saturated carbocycles. The molecule has 0 fully saturated rings. The van der Waals surface area contributed by atoms with Crippen molar-refractivity contribution in [3.05, 3.63) is 36.1 Å². The van der Waals surface area contributed by atoms with Gasteiger partial charge in [-0.15, -0.1) is 0 Å². The van der Waals surface area contributed by atoms with E-state index >= 15 is 0 Å². The highest BCUT2D eigenvalue weighted by atomic mass is 16.3. The summed E-state index contributed by atoms with van der Waals surface area (Å²) in [6.45, 7) is 8.10. The van der Waals surface area contributed by atoms with Crippen LogP contribution in [-0.4, -0.2) is 5.11 Å². The van der Waals surface area contributed by atoms with Gasteiger partial charge in [-0.3, -0.25) is 0 Å². The molecule has 1 rings (SSSR count). The molecule has 0 radical (unpaired) electrons. The number of rotatable bonds is 0. The Hall–Kier alpha value is -0.980. The van der Waals surface area contributed by atoms with E-state index in [0.717, 1.165) is 0 Å². The maximum atomic E-state index is 9.16. The van der Waals surface area contributed by atoms with Gasteiger partial charge in [-0.1, -0.05) is 45.9 Å². The molecule has 0 bridgehead atoms. The van der Waals surface area contributed by atoms with Crippen molar-refractivity contribution in [2.45, 2.75) is 27.7 Å². The number of allylic oxidation sites excluding steroid dienone is 5. The van der Waals surface area contributed by atoms with E-state index in [0.29, 0.717) is 5.76 Å². The molecular formula is C11H18O. The summed E-state index contributed by atoms with van der Waals surface area (Å²) >= 11 is 0. The minimum absolute atomic E-state index is 0.0203. The van der Waals surface area contributed by atoms with Crippen molar-refractivity contribution in [2.24, 2.45) is 5.41 Å². The highest BCUT2D eigenvalue weighted by Crippen LogP contribution is 2.22. The van der Waals surface area contributed by atoms with E-state index in [1.165, 1.54) is 0 Å². The molecule has 1 aliphatic carbocycles. The second-order valence-corrected chi connectivity index (χ2v) is 3.11. The van der Waals surface area contributed by atoms with Crippen LogP contribution in [-0.2, 0) is 0 Å². The lowest BCUT2D eigenvalue weighted by molar-refractivity contribution is 0.419. The zero-order chi connectivity index (χ0) is 9.61. The van der Waals surface area contributed by atoms with Gasteiger partial charge >= 0.3 is 0 Å². The van der Waals surface area contributed by atoms with E-state index in [-0.39, 0.29) is 5.41 Å². The Morgan fingerprint density at radius 2 is 1.75 bits per heavy atom. The van der Waals surface area contributed by atoms with Crippen LogP contribution < -0.4 is 0 Å². The molecule has 0 atom stereocenters. The third kappa shape index (κ3) is 4.02. The number of hydrogen-bond donors (Lipinski definition) is 1. The Kier molecular flexibility index (Phi) is 4.42. The Labute approximate surface area is 75.1 Å². The molecule has 1 nitrogen and oxygen atoms in total. The van der Waals surface area contributed by atoms with E-state index in [9.17, 15) is 0 Å². The van der Waals surface area contributed by atoms with Gasteiger partial charge in [0, 0.05) is 5.41 Å². The minimum Gasteiger partial charge on any atom is -0.508 e. The monoisotopic (exact) mass is 166 g/mol. The van der Waals surface area contributed by atoms with Gasteiger partial charge < -0.3 is 5.11 Å². The fourth-order valence-electron chi connectivity index (χ4n) is 0.935. The van der Waals surface area contributed by atoms with Gasteiger partial charge in [0.2, 0.25) is 0 Å². The van der Waals surface area contributed by atoms with E-state index in [4.69, 9.17) is 5.11 Å². The molecule has 0 amide bonds. The Morgan fingerprint density at radius 3 is 2.33 bits per heavy atom. The second kappa shape index (κ2) is 4.81. The first-order valence-electron chi connectivity index (χ1n) is 4.38. The second-order valence-electron chi connectivity index (χ2n) is 3.11. The average molecular weight is 166 g/mol. The first-order chi connectivity index (χ1) is 5.60. The van der Waals surface area contributed by atoms with Crippen molar-refractivity contribution >= 4 is 0 Å². The summed E-state index contributed by atoms with van der Waals surface area (Å²) < 4.78 is 0. The first-order valence-corrected chi connectivity index (χ1v) is 4.38. The standard InChI is InChI=1S/C9H12O.C2H6/c1-9(2)6-4-3-5-8(10)7-9;1-2/h3-7,10H,1-2H3;1-2H3. The molecular weight excluding hydrogens is 148 g/mol. The van der Waals surface area contributed by atoms with Crippen LogP contribution in [0.4, 0.5) is 0 Å². The van der Waals surface area contributed by atoms with Crippen molar-refractivity contribution in [1.82, 2.24) is 0 Å². The number of hydrogen-bond acceptors (Lipinski definition) is 1.